The van der Waals surface area contributed by atoms with Gasteiger partial charge in [0.1, 0.15) is 11.5 Å². The molecule has 0 spiro atoms. The summed E-state index contributed by atoms with van der Waals surface area (Å²) in [5.41, 5.74) is 9.88. The van der Waals surface area contributed by atoms with Crippen LogP contribution in [-0.2, 0) is 38.4 Å². The summed E-state index contributed by atoms with van der Waals surface area (Å²) in [6.45, 7) is 13.0. The molecule has 1 radical (unpaired) electrons. The fourth-order valence-corrected chi connectivity index (χ4v) is 11.0. The van der Waals surface area contributed by atoms with Gasteiger partial charge in [-0.2, -0.15) is 0 Å². The van der Waals surface area contributed by atoms with Gasteiger partial charge in [0, 0.05) is 51.5 Å². The quantitative estimate of drug-likeness (QED) is 0.0727. The van der Waals surface area contributed by atoms with Crippen LogP contribution in [0.2, 0.25) is 0 Å². The summed E-state index contributed by atoms with van der Waals surface area (Å²) in [6, 6.07) is 72.8. The van der Waals surface area contributed by atoms with Crippen LogP contribution in [0.25, 0.3) is 0 Å². The minimum absolute atomic E-state index is 0. The molecular weight excluding hydrogens is 1040 g/mol. The van der Waals surface area contributed by atoms with Crippen molar-refractivity contribution in [1.82, 2.24) is 0 Å². The zero-order valence-electron chi connectivity index (χ0n) is 42.3. The zero-order chi connectivity index (χ0) is 48.9. The Labute approximate surface area is 455 Å². The van der Waals surface area contributed by atoms with E-state index in [1.807, 2.05) is 12.4 Å². The van der Waals surface area contributed by atoms with E-state index in [2.05, 4.69) is 248 Å². The van der Waals surface area contributed by atoms with E-state index < -0.39 is 10.8 Å². The number of aromatic hydroxyl groups is 2. The van der Waals surface area contributed by atoms with E-state index in [1.54, 1.807) is 0 Å². The van der Waals surface area contributed by atoms with E-state index in [4.69, 9.17) is 9.98 Å². The molecule has 0 saturated heterocycles. The van der Waals surface area contributed by atoms with Crippen LogP contribution in [0.1, 0.15) is 134 Å². The number of phenolic OH excluding ortho intramolecular Hbond substituents is 2. The molecule has 369 valence electrons. The molecule has 1 saturated carbocycles. The van der Waals surface area contributed by atoms with Gasteiger partial charge in [-0.15, -0.1) is 0 Å². The number of halogens is 1. The van der Waals surface area contributed by atoms with Gasteiger partial charge in [0.05, 0.1) is 22.9 Å². The Bertz CT molecular complexity index is 2670. The summed E-state index contributed by atoms with van der Waals surface area (Å²) in [6.07, 6.45) is 7.62. The first-order valence-corrected chi connectivity index (χ1v) is 25.0. The number of benzene rings is 8. The molecule has 8 aromatic rings. The molecule has 0 unspecified atom stereocenters. The molecule has 4 nitrogen and oxygen atoms in total. The Morgan fingerprint density at radius 3 is 0.833 bits per heavy atom. The van der Waals surface area contributed by atoms with E-state index in [0.717, 1.165) is 81.3 Å². The van der Waals surface area contributed by atoms with E-state index in [-0.39, 0.29) is 75.2 Å². The van der Waals surface area contributed by atoms with Crippen molar-refractivity contribution in [3.05, 3.63) is 273 Å². The van der Waals surface area contributed by atoms with Crippen molar-refractivity contribution >= 4 is 12.4 Å². The molecule has 0 heterocycles. The third kappa shape index (κ3) is 10.5. The number of aliphatic imine (C=N–C) groups is 2. The standard InChI is InChI=1S/C66H66N2O2.Co.HI/c1-63(2,3)57-43-55(65(49-27-13-7-14-28-49,50-29-15-8-16-30-50)51-31-17-9-18-32-51)41-47(61(57)69)45-67-59-39-25-26-40-60(59)68-46-48-42-56(44-58(62(48)70)64(4,5)6)66(52-33-19-10-20-34-52,53-35-21-11-22-36-53)54-37-23-12-24-38-54;;/h7-24,27-38,41-46,59-60,69-70H,25-26,39-40H2,1-6H3;;1H/p-1/t59-,60-;;/m1../s1. The Morgan fingerprint density at radius 1 is 0.375 bits per heavy atom. The molecule has 6 heteroatoms. The Balaban J connectivity index is 0.00000380. The molecule has 0 bridgehead atoms. The van der Waals surface area contributed by atoms with Crippen molar-refractivity contribution in [2.75, 3.05) is 0 Å². The van der Waals surface area contributed by atoms with Crippen LogP contribution in [0.4, 0.5) is 0 Å². The predicted molar refractivity (Wildman–Crippen MR) is 291 cm³/mol. The predicted octanol–water partition coefficient (Wildman–Crippen LogP) is 12.3. The van der Waals surface area contributed by atoms with Crippen molar-refractivity contribution in [1.29, 1.82) is 0 Å². The van der Waals surface area contributed by atoms with E-state index in [9.17, 15) is 10.2 Å². The van der Waals surface area contributed by atoms with E-state index in [1.165, 1.54) is 0 Å². The topological polar surface area (TPSA) is 65.2 Å². The summed E-state index contributed by atoms with van der Waals surface area (Å²) in [7, 11) is 0. The molecule has 72 heavy (non-hydrogen) atoms. The van der Waals surface area contributed by atoms with Crippen LogP contribution in [0.15, 0.2) is 216 Å². The molecule has 0 amide bonds. The number of hydrogen-bond donors (Lipinski definition) is 2. The second kappa shape index (κ2) is 22.8. The molecule has 1 aliphatic rings. The summed E-state index contributed by atoms with van der Waals surface area (Å²) < 4.78 is 0. The Morgan fingerprint density at radius 2 is 0.611 bits per heavy atom. The molecule has 1 fully saturated rings. The number of rotatable bonds is 12. The molecule has 0 aromatic heterocycles. The van der Waals surface area contributed by atoms with Crippen molar-refractivity contribution in [2.45, 2.75) is 101 Å². The first-order chi connectivity index (χ1) is 33.8. The fraction of sp³-hybridized carbons (Fsp3) is 0.242. The SMILES string of the molecule is CC(C)(C)c1cc(C(c2ccccc2)(c2ccccc2)c2ccccc2)cc(C=N[C@@H]2CCCC[C@H]2N=Cc2cc(C(c3ccccc3)(c3ccccc3)c3ccccc3)cc(C(C)(C)C)c2O)c1O.[Co].[I-]. The molecule has 8 aromatic carbocycles. The Kier molecular flexibility index (Phi) is 17.0. The summed E-state index contributed by atoms with van der Waals surface area (Å²) in [5.74, 6) is 0.489. The molecular formula is C66H66CoIN2O2-. The van der Waals surface area contributed by atoms with E-state index >= 15 is 0 Å². The normalized spacial score (nSPS) is 15.5. The van der Waals surface area contributed by atoms with Gasteiger partial charge >= 0.3 is 0 Å². The van der Waals surface area contributed by atoms with Gasteiger partial charge in [0.2, 0.25) is 0 Å². The number of nitrogens with zero attached hydrogens (tertiary/aromatic N) is 2. The number of hydrogen-bond acceptors (Lipinski definition) is 4. The van der Waals surface area contributed by atoms with Gasteiger partial charge in [0.25, 0.3) is 0 Å². The molecule has 1 aliphatic carbocycles. The molecule has 2 atom stereocenters. The van der Waals surface area contributed by atoms with Crippen LogP contribution in [-0.4, -0.2) is 34.7 Å². The van der Waals surface area contributed by atoms with Crippen LogP contribution < -0.4 is 24.0 Å². The number of phenols is 2. The smallest absolute Gasteiger partial charge is 0.128 e. The van der Waals surface area contributed by atoms with Crippen molar-refractivity contribution < 1.29 is 51.0 Å². The minimum atomic E-state index is -0.695. The zero-order valence-corrected chi connectivity index (χ0v) is 45.5. The van der Waals surface area contributed by atoms with E-state index in [0.29, 0.717) is 11.1 Å². The fourth-order valence-electron chi connectivity index (χ4n) is 11.0. The molecule has 0 aliphatic heterocycles. The van der Waals surface area contributed by atoms with Crippen LogP contribution in [0, 0.1) is 0 Å². The van der Waals surface area contributed by atoms with Gasteiger partial charge in [-0.25, -0.2) is 0 Å². The average Bonchev–Trinajstić information content (AvgIpc) is 3.38. The second-order valence-electron chi connectivity index (χ2n) is 21.1. The van der Waals surface area contributed by atoms with Gasteiger partial charge in [0.15, 0.2) is 0 Å². The maximum atomic E-state index is 12.3. The maximum absolute atomic E-state index is 12.3. The molecule has 9 rings (SSSR count). The van der Waals surface area contributed by atoms with Crippen molar-refractivity contribution in [3.63, 3.8) is 0 Å². The van der Waals surface area contributed by atoms with Gasteiger partial charge in [-0.1, -0.05) is 236 Å². The minimum Gasteiger partial charge on any atom is -1.00 e. The van der Waals surface area contributed by atoms with Crippen LogP contribution in [0.5, 0.6) is 11.5 Å². The third-order valence-corrected chi connectivity index (χ3v) is 14.5. The Hall–Kier alpha value is -6.06. The summed E-state index contributed by atoms with van der Waals surface area (Å²) in [4.78, 5) is 10.7. The van der Waals surface area contributed by atoms with Crippen LogP contribution >= 0.6 is 0 Å². The average molecular weight is 1110 g/mol. The van der Waals surface area contributed by atoms with Crippen molar-refractivity contribution in [2.24, 2.45) is 9.98 Å². The molecule has 2 N–H and O–H groups in total. The largest absolute Gasteiger partial charge is 1.00 e. The monoisotopic (exact) mass is 1100 g/mol. The third-order valence-electron chi connectivity index (χ3n) is 14.5. The summed E-state index contributed by atoms with van der Waals surface area (Å²) >= 11 is 0. The first kappa shape index (κ1) is 53.7. The second-order valence-corrected chi connectivity index (χ2v) is 21.1. The van der Waals surface area contributed by atoms with Crippen molar-refractivity contribution in [3.8, 4) is 11.5 Å². The van der Waals surface area contributed by atoms with Gasteiger partial charge in [-0.3, -0.25) is 9.98 Å². The van der Waals surface area contributed by atoms with Gasteiger partial charge < -0.3 is 34.2 Å². The summed E-state index contributed by atoms with van der Waals surface area (Å²) in [5, 5.41) is 24.6. The maximum Gasteiger partial charge on any atom is 0.128 e. The first-order valence-electron chi connectivity index (χ1n) is 25.0. The van der Waals surface area contributed by atoms with Crippen LogP contribution in [0.3, 0.4) is 0 Å². The van der Waals surface area contributed by atoms with Gasteiger partial charge in [-0.05, 0) is 92.4 Å².